The molecule has 0 amide bonds. The minimum Gasteiger partial charge on any atom is -0.497 e. The number of aliphatic hydroxyl groups is 1. The van der Waals surface area contributed by atoms with Crippen LogP contribution in [-0.2, 0) is 16.4 Å². The number of benzene rings is 2. The molecule has 2 unspecified atom stereocenters. The third kappa shape index (κ3) is 7.30. The Kier molecular flexibility index (Phi) is 7.79. The van der Waals surface area contributed by atoms with Gasteiger partial charge in [-0.1, -0.05) is 42.5 Å². The second-order valence-electron chi connectivity index (χ2n) is 6.69. The standard InChI is InChI=1S/C20H28N2O4S/c1-16(14-17-6-4-3-5-7-17)22(12-13-27(21,24)25)15-20(23)18-8-10-19(26-2)11-9-18/h3-11,16,20,23H,12-15H2,1-2H3,(H2,21,24,25). The van der Waals surface area contributed by atoms with Gasteiger partial charge in [0.2, 0.25) is 10.0 Å². The lowest BCUT2D eigenvalue weighted by Gasteiger charge is -2.31. The fourth-order valence-corrected chi connectivity index (χ4v) is 3.46. The molecule has 3 N–H and O–H groups in total. The van der Waals surface area contributed by atoms with Crippen molar-refractivity contribution in [3.8, 4) is 5.75 Å². The highest BCUT2D eigenvalue weighted by Gasteiger charge is 2.21. The summed E-state index contributed by atoms with van der Waals surface area (Å²) in [6.45, 7) is 2.60. The highest BCUT2D eigenvalue weighted by Crippen LogP contribution is 2.20. The lowest BCUT2D eigenvalue weighted by molar-refractivity contribution is 0.0949. The molecule has 0 fully saturated rings. The van der Waals surface area contributed by atoms with E-state index in [0.717, 1.165) is 23.3 Å². The van der Waals surface area contributed by atoms with Crippen molar-refractivity contribution in [2.45, 2.75) is 25.5 Å². The summed E-state index contributed by atoms with van der Waals surface area (Å²) in [7, 11) is -1.99. The van der Waals surface area contributed by atoms with Crippen LogP contribution in [0.3, 0.4) is 0 Å². The van der Waals surface area contributed by atoms with E-state index in [1.807, 2.05) is 54.3 Å². The van der Waals surface area contributed by atoms with Gasteiger partial charge in [-0.3, -0.25) is 4.90 Å². The summed E-state index contributed by atoms with van der Waals surface area (Å²) in [4.78, 5) is 1.96. The first-order valence-corrected chi connectivity index (χ1v) is 10.6. The van der Waals surface area contributed by atoms with E-state index in [0.29, 0.717) is 6.54 Å². The van der Waals surface area contributed by atoms with E-state index in [1.54, 1.807) is 19.2 Å². The van der Waals surface area contributed by atoms with Crippen LogP contribution >= 0.6 is 0 Å². The molecular weight excluding hydrogens is 364 g/mol. The van der Waals surface area contributed by atoms with Crippen molar-refractivity contribution >= 4 is 10.0 Å². The quantitative estimate of drug-likeness (QED) is 0.645. The fourth-order valence-electron chi connectivity index (χ4n) is 2.97. The van der Waals surface area contributed by atoms with E-state index in [-0.39, 0.29) is 18.3 Å². The zero-order chi connectivity index (χ0) is 19.9. The Morgan fingerprint density at radius 1 is 1.11 bits per heavy atom. The summed E-state index contributed by atoms with van der Waals surface area (Å²) in [5.41, 5.74) is 1.91. The van der Waals surface area contributed by atoms with Crippen LogP contribution in [0.4, 0.5) is 0 Å². The number of rotatable bonds is 10. The van der Waals surface area contributed by atoms with Crippen molar-refractivity contribution in [1.29, 1.82) is 0 Å². The summed E-state index contributed by atoms with van der Waals surface area (Å²) in [5, 5.41) is 15.8. The van der Waals surface area contributed by atoms with Crippen LogP contribution < -0.4 is 9.88 Å². The molecule has 7 heteroatoms. The molecule has 0 saturated carbocycles. The van der Waals surface area contributed by atoms with E-state index in [2.05, 4.69) is 0 Å². The van der Waals surface area contributed by atoms with Gasteiger partial charge in [0.1, 0.15) is 5.75 Å². The van der Waals surface area contributed by atoms with Gasteiger partial charge in [-0.2, -0.15) is 0 Å². The average molecular weight is 393 g/mol. The first kappa shape index (κ1) is 21.4. The third-order valence-corrected chi connectivity index (χ3v) is 5.32. The van der Waals surface area contributed by atoms with Crippen LogP contribution in [0.2, 0.25) is 0 Å². The molecular formula is C20H28N2O4S. The van der Waals surface area contributed by atoms with Gasteiger partial charge in [0.05, 0.1) is 19.0 Å². The van der Waals surface area contributed by atoms with Gasteiger partial charge in [-0.05, 0) is 36.6 Å². The molecule has 2 atom stereocenters. The Hall–Kier alpha value is -1.93. The molecule has 0 aromatic heterocycles. The zero-order valence-electron chi connectivity index (χ0n) is 15.8. The molecule has 0 bridgehead atoms. The molecule has 0 radical (unpaired) electrons. The smallest absolute Gasteiger partial charge is 0.210 e. The second kappa shape index (κ2) is 9.85. The van der Waals surface area contributed by atoms with Gasteiger partial charge >= 0.3 is 0 Å². The minimum absolute atomic E-state index is 0.0436. The molecule has 0 saturated heterocycles. The van der Waals surface area contributed by atoms with Crippen LogP contribution in [0, 0.1) is 0 Å². The molecule has 2 rings (SSSR count). The van der Waals surface area contributed by atoms with E-state index in [1.165, 1.54) is 0 Å². The van der Waals surface area contributed by atoms with E-state index >= 15 is 0 Å². The molecule has 0 aliphatic heterocycles. The van der Waals surface area contributed by atoms with Crippen molar-refractivity contribution in [2.24, 2.45) is 5.14 Å². The Morgan fingerprint density at radius 3 is 2.30 bits per heavy atom. The number of ether oxygens (including phenoxy) is 1. The van der Waals surface area contributed by atoms with Crippen molar-refractivity contribution in [2.75, 3.05) is 26.0 Å². The monoisotopic (exact) mass is 392 g/mol. The molecule has 0 heterocycles. The average Bonchev–Trinajstić information content (AvgIpc) is 2.65. The third-order valence-electron chi connectivity index (χ3n) is 4.57. The lowest BCUT2D eigenvalue weighted by Crippen LogP contribution is -2.41. The largest absolute Gasteiger partial charge is 0.497 e. The Bertz CT molecular complexity index is 794. The van der Waals surface area contributed by atoms with E-state index in [9.17, 15) is 13.5 Å². The normalized spacial score (nSPS) is 14.1. The zero-order valence-corrected chi connectivity index (χ0v) is 16.6. The van der Waals surface area contributed by atoms with Gasteiger partial charge in [0.15, 0.2) is 0 Å². The Labute approximate surface area is 161 Å². The first-order valence-electron chi connectivity index (χ1n) is 8.89. The number of nitrogens with two attached hydrogens (primary N) is 1. The number of hydrogen-bond acceptors (Lipinski definition) is 5. The van der Waals surface area contributed by atoms with Gasteiger partial charge in [0, 0.05) is 19.1 Å². The molecule has 6 nitrogen and oxygen atoms in total. The number of primary sulfonamides is 1. The SMILES string of the molecule is COc1ccc(C(O)CN(CCS(N)(=O)=O)C(C)Cc2ccccc2)cc1. The first-order chi connectivity index (χ1) is 12.8. The van der Waals surface area contributed by atoms with Gasteiger partial charge in [0.25, 0.3) is 0 Å². The molecule has 27 heavy (non-hydrogen) atoms. The molecule has 0 aliphatic carbocycles. The molecule has 0 spiro atoms. The predicted molar refractivity (Wildman–Crippen MR) is 107 cm³/mol. The molecule has 0 aliphatic rings. The minimum atomic E-state index is -3.57. The maximum Gasteiger partial charge on any atom is 0.210 e. The van der Waals surface area contributed by atoms with Crippen LogP contribution in [0.15, 0.2) is 54.6 Å². The van der Waals surface area contributed by atoms with Gasteiger partial charge < -0.3 is 9.84 Å². The summed E-state index contributed by atoms with van der Waals surface area (Å²) >= 11 is 0. The van der Waals surface area contributed by atoms with Crippen LogP contribution in [0.25, 0.3) is 0 Å². The Morgan fingerprint density at radius 2 is 1.74 bits per heavy atom. The van der Waals surface area contributed by atoms with E-state index in [4.69, 9.17) is 9.88 Å². The highest BCUT2D eigenvalue weighted by atomic mass is 32.2. The van der Waals surface area contributed by atoms with Crippen molar-refractivity contribution in [3.63, 3.8) is 0 Å². The van der Waals surface area contributed by atoms with Crippen LogP contribution in [0.1, 0.15) is 24.2 Å². The summed E-state index contributed by atoms with van der Waals surface area (Å²) in [5.74, 6) is 0.566. The van der Waals surface area contributed by atoms with Crippen LogP contribution in [-0.4, -0.2) is 50.4 Å². The Balaban J connectivity index is 2.09. The van der Waals surface area contributed by atoms with Gasteiger partial charge in [-0.15, -0.1) is 0 Å². The van der Waals surface area contributed by atoms with Crippen molar-refractivity contribution in [3.05, 3.63) is 65.7 Å². The number of nitrogens with zero attached hydrogens (tertiary/aromatic N) is 1. The summed E-state index contributed by atoms with van der Waals surface area (Å²) < 4.78 is 28.0. The maximum atomic E-state index is 11.4. The number of hydrogen-bond donors (Lipinski definition) is 2. The summed E-state index contributed by atoms with van der Waals surface area (Å²) in [6.07, 6.45) is 0.00968. The summed E-state index contributed by atoms with van der Waals surface area (Å²) in [6, 6.07) is 17.2. The molecule has 2 aromatic carbocycles. The maximum absolute atomic E-state index is 11.4. The number of sulfonamides is 1. The second-order valence-corrected chi connectivity index (χ2v) is 8.42. The molecule has 148 valence electrons. The van der Waals surface area contributed by atoms with Gasteiger partial charge in [-0.25, -0.2) is 13.6 Å². The predicted octanol–water partition coefficient (Wildman–Crippen LogP) is 1.95. The van der Waals surface area contributed by atoms with Crippen LogP contribution in [0.5, 0.6) is 5.75 Å². The number of aliphatic hydroxyl groups excluding tert-OH is 1. The van der Waals surface area contributed by atoms with Crippen molar-refractivity contribution in [1.82, 2.24) is 4.90 Å². The lowest BCUT2D eigenvalue weighted by atomic mass is 10.0. The number of methoxy groups -OCH3 is 1. The topological polar surface area (TPSA) is 92.9 Å². The van der Waals surface area contributed by atoms with E-state index < -0.39 is 16.1 Å². The molecule has 2 aromatic rings. The van der Waals surface area contributed by atoms with Crippen molar-refractivity contribution < 1.29 is 18.3 Å². The fraction of sp³-hybridized carbons (Fsp3) is 0.400. The highest BCUT2D eigenvalue weighted by molar-refractivity contribution is 7.89.